The van der Waals surface area contributed by atoms with Gasteiger partial charge in [0.2, 0.25) is 0 Å². The SMILES string of the molecule is COc1ccc(Cl)cc1C(=O)N1CCCC(CO)C1. The summed E-state index contributed by atoms with van der Waals surface area (Å²) in [7, 11) is 1.53. The van der Waals surface area contributed by atoms with Gasteiger partial charge in [-0.05, 0) is 37.0 Å². The third-order valence-electron chi connectivity index (χ3n) is 3.46. The van der Waals surface area contributed by atoms with Crippen molar-refractivity contribution in [2.45, 2.75) is 12.8 Å². The minimum absolute atomic E-state index is 0.0856. The Kier molecular flexibility index (Phi) is 4.66. The Balaban J connectivity index is 2.21. The molecule has 1 heterocycles. The fraction of sp³-hybridized carbons (Fsp3) is 0.500. The Bertz CT molecular complexity index is 464. The maximum atomic E-state index is 12.5. The average Bonchev–Trinajstić information content (AvgIpc) is 2.46. The summed E-state index contributed by atoms with van der Waals surface area (Å²) in [5.74, 6) is 0.612. The largest absolute Gasteiger partial charge is 0.496 e. The normalized spacial score (nSPS) is 19.3. The molecule has 1 aliphatic rings. The molecule has 1 aromatic carbocycles. The van der Waals surface area contributed by atoms with Gasteiger partial charge in [-0.3, -0.25) is 4.79 Å². The molecule has 0 aliphatic carbocycles. The summed E-state index contributed by atoms with van der Waals surface area (Å²) >= 11 is 5.95. The zero-order chi connectivity index (χ0) is 13.8. The molecule has 1 unspecified atom stereocenters. The van der Waals surface area contributed by atoms with Gasteiger partial charge in [0.05, 0.1) is 12.7 Å². The summed E-state index contributed by atoms with van der Waals surface area (Å²) < 4.78 is 5.21. The van der Waals surface area contributed by atoms with Gasteiger partial charge in [0.25, 0.3) is 5.91 Å². The number of ether oxygens (including phenoxy) is 1. The number of halogens is 1. The molecule has 0 saturated carbocycles. The molecule has 0 bridgehead atoms. The van der Waals surface area contributed by atoms with Crippen molar-refractivity contribution in [3.05, 3.63) is 28.8 Å². The van der Waals surface area contributed by atoms with E-state index in [0.717, 1.165) is 12.8 Å². The number of carbonyl (C=O) groups excluding carboxylic acids is 1. The van der Waals surface area contributed by atoms with E-state index in [2.05, 4.69) is 0 Å². The average molecular weight is 284 g/mol. The molecule has 104 valence electrons. The highest BCUT2D eigenvalue weighted by atomic mass is 35.5. The summed E-state index contributed by atoms with van der Waals surface area (Å²) in [6.45, 7) is 1.42. The summed E-state index contributed by atoms with van der Waals surface area (Å²) in [6, 6.07) is 5.03. The molecule has 0 radical (unpaired) electrons. The molecule has 5 heteroatoms. The number of carbonyl (C=O) groups is 1. The Hall–Kier alpha value is -1.26. The number of benzene rings is 1. The third-order valence-corrected chi connectivity index (χ3v) is 3.69. The fourth-order valence-corrected chi connectivity index (χ4v) is 2.59. The lowest BCUT2D eigenvalue weighted by Crippen LogP contribution is -2.41. The predicted molar refractivity (Wildman–Crippen MR) is 73.7 cm³/mol. The molecule has 0 aromatic heterocycles. The molecule has 0 spiro atoms. The fourth-order valence-electron chi connectivity index (χ4n) is 2.42. The van der Waals surface area contributed by atoms with Crippen molar-refractivity contribution in [1.29, 1.82) is 0 Å². The highest BCUT2D eigenvalue weighted by Gasteiger charge is 2.25. The first-order valence-corrected chi connectivity index (χ1v) is 6.77. The van der Waals surface area contributed by atoms with Crippen LogP contribution < -0.4 is 4.74 Å². The Morgan fingerprint density at radius 1 is 1.58 bits per heavy atom. The molecule has 1 amide bonds. The maximum absolute atomic E-state index is 12.5. The van der Waals surface area contributed by atoms with Crippen molar-refractivity contribution < 1.29 is 14.6 Å². The molecule has 1 atom stereocenters. The second kappa shape index (κ2) is 6.26. The Morgan fingerprint density at radius 3 is 3.05 bits per heavy atom. The number of piperidine rings is 1. The first-order chi connectivity index (χ1) is 9.15. The van der Waals surface area contributed by atoms with Gasteiger partial charge in [-0.1, -0.05) is 11.6 Å². The van der Waals surface area contributed by atoms with Crippen LogP contribution in [0.1, 0.15) is 23.2 Å². The summed E-state index contributed by atoms with van der Waals surface area (Å²) in [4.78, 5) is 14.3. The molecule has 2 rings (SSSR count). The van der Waals surface area contributed by atoms with E-state index in [1.54, 1.807) is 23.1 Å². The van der Waals surface area contributed by atoms with Crippen LogP contribution in [0.4, 0.5) is 0 Å². The lowest BCUT2D eigenvalue weighted by molar-refractivity contribution is 0.0617. The topological polar surface area (TPSA) is 49.8 Å². The smallest absolute Gasteiger partial charge is 0.257 e. The van der Waals surface area contributed by atoms with Gasteiger partial charge < -0.3 is 14.7 Å². The van der Waals surface area contributed by atoms with E-state index in [1.165, 1.54) is 7.11 Å². The minimum atomic E-state index is -0.0856. The van der Waals surface area contributed by atoms with E-state index in [-0.39, 0.29) is 18.4 Å². The summed E-state index contributed by atoms with van der Waals surface area (Å²) in [6.07, 6.45) is 1.88. The van der Waals surface area contributed by atoms with Crippen LogP contribution in [-0.2, 0) is 0 Å². The quantitative estimate of drug-likeness (QED) is 0.925. The number of rotatable bonds is 3. The zero-order valence-corrected chi connectivity index (χ0v) is 11.7. The highest BCUT2D eigenvalue weighted by Crippen LogP contribution is 2.26. The molecule has 1 N–H and O–H groups in total. The summed E-state index contributed by atoms with van der Waals surface area (Å²) in [5.41, 5.74) is 0.480. The van der Waals surface area contributed by atoms with Crippen molar-refractivity contribution in [3.8, 4) is 5.75 Å². The third kappa shape index (κ3) is 3.19. The van der Waals surface area contributed by atoms with Crippen LogP contribution >= 0.6 is 11.6 Å². The van der Waals surface area contributed by atoms with Gasteiger partial charge in [0, 0.05) is 24.7 Å². The van der Waals surface area contributed by atoms with Crippen LogP contribution in [-0.4, -0.2) is 42.7 Å². The lowest BCUT2D eigenvalue weighted by atomic mass is 9.98. The molecular weight excluding hydrogens is 266 g/mol. The van der Waals surface area contributed by atoms with Gasteiger partial charge in [0.15, 0.2) is 0 Å². The van der Waals surface area contributed by atoms with E-state index in [9.17, 15) is 9.90 Å². The number of nitrogens with zero attached hydrogens (tertiary/aromatic N) is 1. The molecule has 1 saturated heterocycles. The number of amides is 1. The maximum Gasteiger partial charge on any atom is 0.257 e. The Labute approximate surface area is 117 Å². The predicted octanol–water partition coefficient (Wildman–Crippen LogP) is 2.19. The second-order valence-corrected chi connectivity index (χ2v) is 5.22. The molecular formula is C14H18ClNO3. The van der Waals surface area contributed by atoms with Crippen LogP contribution in [0, 0.1) is 5.92 Å². The molecule has 1 aliphatic heterocycles. The number of likely N-dealkylation sites (tertiary alicyclic amines) is 1. The van der Waals surface area contributed by atoms with Crippen molar-refractivity contribution >= 4 is 17.5 Å². The van der Waals surface area contributed by atoms with Gasteiger partial charge in [-0.25, -0.2) is 0 Å². The van der Waals surface area contributed by atoms with Crippen molar-refractivity contribution in [2.75, 3.05) is 26.8 Å². The van der Waals surface area contributed by atoms with Crippen LogP contribution in [0.3, 0.4) is 0 Å². The van der Waals surface area contributed by atoms with Crippen LogP contribution in [0.15, 0.2) is 18.2 Å². The van der Waals surface area contributed by atoms with Gasteiger partial charge in [-0.2, -0.15) is 0 Å². The van der Waals surface area contributed by atoms with E-state index >= 15 is 0 Å². The first kappa shape index (κ1) is 14.2. The lowest BCUT2D eigenvalue weighted by Gasteiger charge is -2.32. The minimum Gasteiger partial charge on any atom is -0.496 e. The van der Waals surface area contributed by atoms with E-state index in [0.29, 0.717) is 29.4 Å². The van der Waals surface area contributed by atoms with E-state index in [1.807, 2.05) is 0 Å². The highest BCUT2D eigenvalue weighted by molar-refractivity contribution is 6.31. The molecule has 1 aromatic rings. The second-order valence-electron chi connectivity index (χ2n) is 4.79. The number of aliphatic hydroxyl groups is 1. The summed E-state index contributed by atoms with van der Waals surface area (Å²) in [5, 5.41) is 9.74. The van der Waals surface area contributed by atoms with Gasteiger partial charge in [-0.15, -0.1) is 0 Å². The van der Waals surface area contributed by atoms with Crippen LogP contribution in [0.2, 0.25) is 5.02 Å². The first-order valence-electron chi connectivity index (χ1n) is 6.39. The molecule has 19 heavy (non-hydrogen) atoms. The molecule has 4 nitrogen and oxygen atoms in total. The van der Waals surface area contributed by atoms with Crippen molar-refractivity contribution in [3.63, 3.8) is 0 Å². The number of hydrogen-bond donors (Lipinski definition) is 1. The monoisotopic (exact) mass is 283 g/mol. The number of hydrogen-bond acceptors (Lipinski definition) is 3. The van der Waals surface area contributed by atoms with Crippen molar-refractivity contribution in [2.24, 2.45) is 5.92 Å². The van der Waals surface area contributed by atoms with Gasteiger partial charge >= 0.3 is 0 Å². The molecule has 1 fully saturated rings. The van der Waals surface area contributed by atoms with Crippen LogP contribution in [0.5, 0.6) is 5.75 Å². The zero-order valence-electron chi connectivity index (χ0n) is 10.9. The number of aliphatic hydroxyl groups excluding tert-OH is 1. The standard InChI is InChI=1S/C14H18ClNO3/c1-19-13-5-4-11(15)7-12(13)14(18)16-6-2-3-10(8-16)9-17/h4-5,7,10,17H,2-3,6,8-9H2,1H3. The van der Waals surface area contributed by atoms with Crippen LogP contribution in [0.25, 0.3) is 0 Å². The Morgan fingerprint density at radius 2 is 2.37 bits per heavy atom. The van der Waals surface area contributed by atoms with E-state index < -0.39 is 0 Å². The van der Waals surface area contributed by atoms with Crippen molar-refractivity contribution in [1.82, 2.24) is 4.90 Å². The van der Waals surface area contributed by atoms with E-state index in [4.69, 9.17) is 16.3 Å². The number of methoxy groups -OCH3 is 1. The van der Waals surface area contributed by atoms with Gasteiger partial charge in [0.1, 0.15) is 5.75 Å².